The highest BCUT2D eigenvalue weighted by Gasteiger charge is 2.49. The van der Waals surface area contributed by atoms with E-state index in [0.717, 1.165) is 26.2 Å². The molecule has 5 nitrogen and oxygen atoms in total. The lowest BCUT2D eigenvalue weighted by Crippen LogP contribution is -2.49. The molecule has 0 radical (unpaired) electrons. The van der Waals surface area contributed by atoms with E-state index in [1.54, 1.807) is 0 Å². The average molecular weight is 328 g/mol. The summed E-state index contributed by atoms with van der Waals surface area (Å²) in [6.45, 7) is 3.77. The quantitative estimate of drug-likeness (QED) is 0.581. The Morgan fingerprint density at radius 3 is 2.33 bits per heavy atom. The van der Waals surface area contributed by atoms with Crippen molar-refractivity contribution in [2.24, 2.45) is 0 Å². The lowest BCUT2D eigenvalue weighted by atomic mass is 9.98. The zero-order chi connectivity index (χ0) is 15.7. The third-order valence-electron chi connectivity index (χ3n) is 3.90. The summed E-state index contributed by atoms with van der Waals surface area (Å²) in [7, 11) is -3.49. The number of halogens is 3. The Hall–Kier alpha value is -0.800. The fraction of sp³-hybridized carbons (Fsp3) is 0.833. The van der Waals surface area contributed by atoms with Crippen molar-refractivity contribution in [1.29, 1.82) is 0 Å². The van der Waals surface area contributed by atoms with Crippen LogP contribution in [-0.2, 0) is 14.3 Å². The fourth-order valence-corrected chi connectivity index (χ4v) is 3.11. The second kappa shape index (κ2) is 6.13. The highest BCUT2D eigenvalue weighted by atomic mass is 32.2. The summed E-state index contributed by atoms with van der Waals surface area (Å²) >= 11 is 0. The van der Waals surface area contributed by atoms with Crippen molar-refractivity contribution < 1.29 is 25.8 Å². The fourth-order valence-electron chi connectivity index (χ4n) is 2.58. The van der Waals surface area contributed by atoms with Crippen molar-refractivity contribution in [2.45, 2.75) is 30.8 Å². The molecule has 0 aromatic carbocycles. The van der Waals surface area contributed by atoms with Gasteiger partial charge in [-0.15, -0.1) is 0 Å². The largest absolute Gasteiger partial charge is 0.534 e. The highest BCUT2D eigenvalue weighted by molar-refractivity contribution is 7.87. The molecule has 0 spiro atoms. The van der Waals surface area contributed by atoms with Crippen molar-refractivity contribution in [3.8, 4) is 0 Å². The molecule has 1 atom stereocenters. The van der Waals surface area contributed by atoms with Gasteiger partial charge in [-0.05, 0) is 26.0 Å². The molecule has 0 aromatic heterocycles. The molecule has 1 aliphatic carbocycles. The summed E-state index contributed by atoms with van der Waals surface area (Å²) in [5, 5.41) is 0. The third kappa shape index (κ3) is 4.10. The Morgan fingerprint density at radius 1 is 1.24 bits per heavy atom. The van der Waals surface area contributed by atoms with Gasteiger partial charge in [-0.25, -0.2) is 0 Å². The molecule has 1 fully saturated rings. The average Bonchev–Trinajstić information content (AvgIpc) is 2.39. The van der Waals surface area contributed by atoms with E-state index >= 15 is 0 Å². The molecule has 0 amide bonds. The predicted octanol–water partition coefficient (Wildman–Crippen LogP) is 1.54. The van der Waals surface area contributed by atoms with Crippen LogP contribution in [0.3, 0.4) is 0 Å². The standard InChI is InChI=1S/C12H19F3N2O3S/c1-16-6-8-17(9-7-16)10-2-4-11(5-3-10)20-21(18,19)12(13,14)15/h4,10H,2-3,5-9H2,1H3. The van der Waals surface area contributed by atoms with Crippen LogP contribution in [0.1, 0.15) is 19.3 Å². The van der Waals surface area contributed by atoms with Gasteiger partial charge in [0.05, 0.1) is 0 Å². The minimum atomic E-state index is -5.54. The third-order valence-corrected chi connectivity index (χ3v) is 4.90. The Kier molecular flexibility index (Phi) is 4.84. The summed E-state index contributed by atoms with van der Waals surface area (Å²) in [4.78, 5) is 4.52. The normalized spacial score (nSPS) is 26.5. The minimum absolute atomic E-state index is 0.0993. The van der Waals surface area contributed by atoms with Gasteiger partial charge in [0.25, 0.3) is 0 Å². The van der Waals surface area contributed by atoms with Gasteiger partial charge < -0.3 is 9.08 Å². The zero-order valence-electron chi connectivity index (χ0n) is 11.8. The Labute approximate surface area is 122 Å². The van der Waals surface area contributed by atoms with Crippen molar-refractivity contribution in [2.75, 3.05) is 33.2 Å². The molecule has 1 heterocycles. The van der Waals surface area contributed by atoms with Gasteiger partial charge in [-0.3, -0.25) is 4.90 Å². The maximum Gasteiger partial charge on any atom is 0.534 e. The molecule has 2 aliphatic rings. The molecule has 122 valence electrons. The van der Waals surface area contributed by atoms with Gasteiger partial charge in [0.2, 0.25) is 0 Å². The van der Waals surface area contributed by atoms with Crippen LogP contribution >= 0.6 is 0 Å². The molecule has 21 heavy (non-hydrogen) atoms. The maximum atomic E-state index is 12.2. The number of piperazine rings is 1. The van der Waals surface area contributed by atoms with E-state index in [1.165, 1.54) is 6.08 Å². The van der Waals surface area contributed by atoms with E-state index in [4.69, 9.17) is 0 Å². The van der Waals surface area contributed by atoms with Crippen LogP contribution in [0.2, 0.25) is 0 Å². The predicted molar refractivity (Wildman–Crippen MR) is 70.9 cm³/mol. The smallest absolute Gasteiger partial charge is 0.381 e. The molecule has 1 saturated heterocycles. The maximum absolute atomic E-state index is 12.2. The first kappa shape index (κ1) is 16.6. The van der Waals surface area contributed by atoms with Crippen molar-refractivity contribution in [3.63, 3.8) is 0 Å². The Morgan fingerprint density at radius 2 is 1.86 bits per heavy atom. The van der Waals surface area contributed by atoms with Gasteiger partial charge in [-0.2, -0.15) is 21.6 Å². The molecule has 0 bridgehead atoms. The molecule has 0 N–H and O–H groups in total. The van der Waals surface area contributed by atoms with Crippen molar-refractivity contribution in [3.05, 3.63) is 11.8 Å². The van der Waals surface area contributed by atoms with Crippen molar-refractivity contribution in [1.82, 2.24) is 9.80 Å². The first-order valence-electron chi connectivity index (χ1n) is 6.81. The number of hydrogen-bond acceptors (Lipinski definition) is 5. The van der Waals surface area contributed by atoms with E-state index in [0.29, 0.717) is 12.8 Å². The monoisotopic (exact) mass is 328 g/mol. The molecule has 0 aromatic rings. The molecule has 2 rings (SSSR count). The van der Waals surface area contributed by atoms with E-state index in [1.807, 2.05) is 7.05 Å². The first-order valence-corrected chi connectivity index (χ1v) is 8.22. The summed E-state index contributed by atoms with van der Waals surface area (Å²) in [5.41, 5.74) is -5.37. The van der Waals surface area contributed by atoms with Gasteiger partial charge in [0.1, 0.15) is 5.76 Å². The number of allylic oxidation sites excluding steroid dienone is 1. The Balaban J connectivity index is 1.91. The van der Waals surface area contributed by atoms with E-state index in [2.05, 4.69) is 14.0 Å². The zero-order valence-corrected chi connectivity index (χ0v) is 12.6. The second-order valence-electron chi connectivity index (χ2n) is 5.42. The molecule has 1 unspecified atom stereocenters. The summed E-state index contributed by atoms with van der Waals surface area (Å²) in [6.07, 6.45) is 2.82. The Bertz CT molecular complexity index is 496. The van der Waals surface area contributed by atoms with Gasteiger partial charge >= 0.3 is 15.6 Å². The van der Waals surface area contributed by atoms with Crippen LogP contribution in [0.15, 0.2) is 11.8 Å². The number of alkyl halides is 3. The van der Waals surface area contributed by atoms with Crippen LogP contribution in [0, 0.1) is 0 Å². The topological polar surface area (TPSA) is 49.9 Å². The second-order valence-corrected chi connectivity index (χ2v) is 6.96. The van der Waals surface area contributed by atoms with E-state index in [-0.39, 0.29) is 18.2 Å². The minimum Gasteiger partial charge on any atom is -0.381 e. The lowest BCUT2D eigenvalue weighted by Gasteiger charge is -2.39. The number of rotatable bonds is 3. The molecule has 0 saturated carbocycles. The molecule has 1 aliphatic heterocycles. The van der Waals surface area contributed by atoms with Gasteiger partial charge in [0.15, 0.2) is 0 Å². The summed E-state index contributed by atoms with van der Waals surface area (Å²) < 4.78 is 62.8. The van der Waals surface area contributed by atoms with E-state index < -0.39 is 15.6 Å². The van der Waals surface area contributed by atoms with Crippen molar-refractivity contribution >= 4 is 10.1 Å². The van der Waals surface area contributed by atoms with Crippen LogP contribution < -0.4 is 0 Å². The van der Waals surface area contributed by atoms with Crippen LogP contribution in [-0.4, -0.2) is 63.0 Å². The van der Waals surface area contributed by atoms with Crippen LogP contribution in [0.4, 0.5) is 13.2 Å². The van der Waals surface area contributed by atoms with Crippen LogP contribution in [0.25, 0.3) is 0 Å². The first-order chi connectivity index (χ1) is 9.69. The lowest BCUT2D eigenvalue weighted by molar-refractivity contribution is -0.0525. The molecule has 9 heteroatoms. The summed E-state index contributed by atoms with van der Waals surface area (Å²) in [5.74, 6) is -0.0993. The summed E-state index contributed by atoms with van der Waals surface area (Å²) in [6, 6.07) is 0.250. The molecular weight excluding hydrogens is 309 g/mol. The number of nitrogens with zero attached hydrogens (tertiary/aromatic N) is 2. The number of hydrogen-bond donors (Lipinski definition) is 0. The SMILES string of the molecule is CN1CCN(C2CC=C(OS(=O)(=O)C(F)(F)F)CC2)CC1. The van der Waals surface area contributed by atoms with Gasteiger partial charge in [-0.1, -0.05) is 0 Å². The molecular formula is C12H19F3N2O3S. The van der Waals surface area contributed by atoms with E-state index in [9.17, 15) is 21.6 Å². The van der Waals surface area contributed by atoms with Crippen LogP contribution in [0.5, 0.6) is 0 Å². The number of likely N-dealkylation sites (N-methyl/N-ethyl adjacent to an activating group) is 1. The highest BCUT2D eigenvalue weighted by Crippen LogP contribution is 2.30. The van der Waals surface area contributed by atoms with Gasteiger partial charge in [0, 0.05) is 38.6 Å².